The van der Waals surface area contributed by atoms with Crippen molar-refractivity contribution < 1.29 is 14.3 Å². The average molecular weight is 377 g/mol. The van der Waals surface area contributed by atoms with Crippen molar-refractivity contribution in [1.82, 2.24) is 10.3 Å². The molecular weight excluding hydrogens is 356 g/mol. The van der Waals surface area contributed by atoms with Gasteiger partial charge in [-0.3, -0.25) is 9.59 Å². The van der Waals surface area contributed by atoms with Gasteiger partial charge in [0.1, 0.15) is 17.1 Å². The van der Waals surface area contributed by atoms with Gasteiger partial charge in [0.15, 0.2) is 0 Å². The molecule has 2 aromatic rings. The summed E-state index contributed by atoms with van der Waals surface area (Å²) in [5.74, 6) is 1.26. The highest BCUT2D eigenvalue weighted by Crippen LogP contribution is 2.30. The number of H-pyrrole nitrogens is 1. The predicted octanol–water partition coefficient (Wildman–Crippen LogP) is 2.63. The Morgan fingerprint density at radius 3 is 2.92 bits per heavy atom. The highest BCUT2D eigenvalue weighted by molar-refractivity contribution is 6.32. The number of rotatable bonds is 4. The van der Waals surface area contributed by atoms with Gasteiger partial charge >= 0.3 is 0 Å². The van der Waals surface area contributed by atoms with Crippen LogP contribution in [0.2, 0.25) is 5.02 Å². The van der Waals surface area contributed by atoms with Crippen molar-refractivity contribution in [1.29, 1.82) is 0 Å². The lowest BCUT2D eigenvalue weighted by Gasteiger charge is -2.26. The van der Waals surface area contributed by atoms with E-state index in [1.54, 1.807) is 21.0 Å². The third kappa shape index (κ3) is 3.55. The number of hydrogen-bond acceptors (Lipinski definition) is 4. The van der Waals surface area contributed by atoms with Crippen molar-refractivity contribution in [2.24, 2.45) is 5.92 Å². The monoisotopic (exact) mass is 376 g/mol. The summed E-state index contributed by atoms with van der Waals surface area (Å²) in [6.07, 6.45) is 0.781. The number of aromatic amines is 1. The largest absolute Gasteiger partial charge is 0.497 e. The number of aromatic nitrogens is 1. The second-order valence-corrected chi connectivity index (χ2v) is 6.84. The number of amides is 1. The molecule has 0 unspecified atom stereocenters. The normalized spacial score (nSPS) is 15.8. The van der Waals surface area contributed by atoms with Crippen molar-refractivity contribution >= 4 is 17.5 Å². The summed E-state index contributed by atoms with van der Waals surface area (Å²) in [4.78, 5) is 27.2. The second kappa shape index (κ2) is 7.41. The van der Waals surface area contributed by atoms with Gasteiger partial charge in [0.2, 0.25) is 0 Å². The molecule has 0 fully saturated rings. The average Bonchev–Trinajstić information content (AvgIpc) is 2.64. The zero-order chi connectivity index (χ0) is 18.8. The first-order valence-electron chi connectivity index (χ1n) is 8.37. The van der Waals surface area contributed by atoms with Gasteiger partial charge in [-0.1, -0.05) is 17.7 Å². The molecule has 0 spiro atoms. The summed E-state index contributed by atoms with van der Waals surface area (Å²) in [5, 5.41) is 3.23. The van der Waals surface area contributed by atoms with E-state index in [-0.39, 0.29) is 11.5 Å². The fourth-order valence-corrected chi connectivity index (χ4v) is 3.26. The number of pyridine rings is 1. The van der Waals surface area contributed by atoms with Crippen LogP contribution in [0.15, 0.2) is 23.0 Å². The maximum absolute atomic E-state index is 12.5. The second-order valence-electron chi connectivity index (χ2n) is 6.46. The van der Waals surface area contributed by atoms with Crippen molar-refractivity contribution in [2.75, 3.05) is 20.3 Å². The van der Waals surface area contributed by atoms with E-state index in [1.807, 2.05) is 18.2 Å². The zero-order valence-corrected chi connectivity index (χ0v) is 15.7. The van der Waals surface area contributed by atoms with Crippen LogP contribution in [0, 0.1) is 19.8 Å². The number of halogens is 1. The summed E-state index contributed by atoms with van der Waals surface area (Å²) >= 11 is 6.15. The van der Waals surface area contributed by atoms with E-state index in [0.29, 0.717) is 29.4 Å². The van der Waals surface area contributed by atoms with E-state index in [9.17, 15) is 9.59 Å². The number of ether oxygens (including phenoxy) is 2. The fraction of sp³-hybridized carbons (Fsp3) is 0.368. The molecule has 1 aliphatic heterocycles. The van der Waals surface area contributed by atoms with E-state index >= 15 is 0 Å². The summed E-state index contributed by atoms with van der Waals surface area (Å²) in [6.45, 7) is 4.27. The quantitative estimate of drug-likeness (QED) is 0.859. The van der Waals surface area contributed by atoms with Gasteiger partial charge < -0.3 is 19.8 Å². The Morgan fingerprint density at radius 1 is 1.42 bits per heavy atom. The van der Waals surface area contributed by atoms with Gasteiger partial charge in [-0.25, -0.2) is 0 Å². The molecule has 1 amide bonds. The number of hydrogen-bond donors (Lipinski definition) is 2. The number of nitrogens with one attached hydrogen (secondary N) is 2. The smallest absolute Gasteiger partial charge is 0.261 e. The van der Waals surface area contributed by atoms with E-state index in [4.69, 9.17) is 21.1 Å². The van der Waals surface area contributed by atoms with Gasteiger partial charge in [0.25, 0.3) is 11.5 Å². The molecule has 3 rings (SSSR count). The number of carbonyl (C=O) groups is 1. The topological polar surface area (TPSA) is 80.4 Å². The van der Waals surface area contributed by atoms with Gasteiger partial charge in [-0.05, 0) is 37.5 Å². The molecule has 0 bridgehead atoms. The molecule has 0 saturated heterocycles. The van der Waals surface area contributed by atoms with Crippen LogP contribution in [0.25, 0.3) is 0 Å². The molecule has 1 aliphatic rings. The summed E-state index contributed by atoms with van der Waals surface area (Å²) in [6, 6.07) is 5.72. The van der Waals surface area contributed by atoms with Gasteiger partial charge in [0.05, 0.1) is 18.7 Å². The lowest BCUT2D eigenvalue weighted by molar-refractivity contribution is 0.0937. The summed E-state index contributed by atoms with van der Waals surface area (Å²) in [7, 11) is 1.61. The van der Waals surface area contributed by atoms with Crippen LogP contribution in [0.1, 0.15) is 27.2 Å². The Kier molecular flexibility index (Phi) is 5.23. The molecule has 1 atom stereocenters. The zero-order valence-electron chi connectivity index (χ0n) is 14.9. The number of carbonyl (C=O) groups excluding carboxylic acids is 1. The molecule has 0 saturated carbocycles. The third-order valence-corrected chi connectivity index (χ3v) is 5.16. The molecule has 1 aromatic heterocycles. The maximum atomic E-state index is 12.5. The number of aryl methyl sites for hydroxylation is 1. The van der Waals surface area contributed by atoms with Gasteiger partial charge in [-0.2, -0.15) is 0 Å². The van der Waals surface area contributed by atoms with Crippen LogP contribution in [0.3, 0.4) is 0 Å². The highest BCUT2D eigenvalue weighted by atomic mass is 35.5. The van der Waals surface area contributed by atoms with Crippen LogP contribution in [-0.2, 0) is 6.42 Å². The highest BCUT2D eigenvalue weighted by Gasteiger charge is 2.23. The minimum atomic E-state index is -0.431. The van der Waals surface area contributed by atoms with Gasteiger partial charge in [0, 0.05) is 24.2 Å². The van der Waals surface area contributed by atoms with Crippen LogP contribution in [-0.4, -0.2) is 31.2 Å². The molecule has 0 aliphatic carbocycles. The van der Waals surface area contributed by atoms with E-state index < -0.39 is 11.5 Å². The number of methoxy groups -OCH3 is 1. The minimum Gasteiger partial charge on any atom is -0.497 e. The summed E-state index contributed by atoms with van der Waals surface area (Å²) < 4.78 is 11.0. The molecule has 1 aromatic carbocycles. The molecule has 26 heavy (non-hydrogen) atoms. The minimum absolute atomic E-state index is 0.0578. The number of fused-ring (bicyclic) bond motifs is 1. The van der Waals surface area contributed by atoms with Crippen molar-refractivity contribution in [3.05, 3.63) is 56.0 Å². The Labute approximate surface area is 156 Å². The van der Waals surface area contributed by atoms with Crippen molar-refractivity contribution in [3.8, 4) is 11.5 Å². The Bertz CT molecular complexity index is 907. The fourth-order valence-electron chi connectivity index (χ4n) is 3.12. The SMILES string of the molecule is COc1ccc2c(c1)OC[C@H](CNC(=O)c1c(C)c(Cl)c(C)[nH]c1=O)C2. The lowest BCUT2D eigenvalue weighted by atomic mass is 9.96. The van der Waals surface area contributed by atoms with Crippen molar-refractivity contribution in [3.63, 3.8) is 0 Å². The van der Waals surface area contributed by atoms with Crippen LogP contribution in [0.5, 0.6) is 11.5 Å². The van der Waals surface area contributed by atoms with E-state index in [1.165, 1.54) is 0 Å². The Morgan fingerprint density at radius 2 is 2.19 bits per heavy atom. The van der Waals surface area contributed by atoms with E-state index in [0.717, 1.165) is 23.5 Å². The van der Waals surface area contributed by atoms with Crippen LogP contribution < -0.4 is 20.3 Å². The first kappa shape index (κ1) is 18.3. The first-order chi connectivity index (χ1) is 12.4. The molecule has 2 heterocycles. The Hall–Kier alpha value is -2.47. The third-order valence-electron chi connectivity index (χ3n) is 4.60. The maximum Gasteiger partial charge on any atom is 0.261 e. The lowest BCUT2D eigenvalue weighted by Crippen LogP contribution is -2.37. The molecule has 7 heteroatoms. The molecule has 6 nitrogen and oxygen atoms in total. The molecular formula is C19H21ClN2O4. The molecule has 2 N–H and O–H groups in total. The molecule has 138 valence electrons. The van der Waals surface area contributed by atoms with Gasteiger partial charge in [-0.15, -0.1) is 0 Å². The van der Waals surface area contributed by atoms with Crippen LogP contribution >= 0.6 is 11.6 Å². The Balaban J connectivity index is 1.68. The first-order valence-corrected chi connectivity index (χ1v) is 8.75. The van der Waals surface area contributed by atoms with Crippen molar-refractivity contribution in [2.45, 2.75) is 20.3 Å². The molecule has 0 radical (unpaired) electrons. The van der Waals surface area contributed by atoms with E-state index in [2.05, 4.69) is 10.3 Å². The summed E-state index contributed by atoms with van der Waals surface area (Å²) in [5.41, 5.74) is 1.74. The van der Waals surface area contributed by atoms with Crippen LogP contribution in [0.4, 0.5) is 0 Å². The predicted molar refractivity (Wildman–Crippen MR) is 99.6 cm³/mol. The standard InChI is InChI=1S/C19H21ClN2O4/c1-10-16(19(24)22-11(2)17(10)20)18(23)21-8-12-6-13-4-5-14(25-3)7-15(13)26-9-12/h4-5,7,12H,6,8-9H2,1-3H3,(H,21,23)(H,22,24)/t12-/m0/s1. The number of benzene rings is 1.